The zero-order valence-electron chi connectivity index (χ0n) is 13.8. The van der Waals surface area contributed by atoms with Crippen LogP contribution in [0.4, 0.5) is 5.69 Å². The maximum atomic E-state index is 12.7. The molecule has 1 fully saturated rings. The van der Waals surface area contributed by atoms with Crippen LogP contribution in [0.1, 0.15) is 22.5 Å². The van der Waals surface area contributed by atoms with Crippen molar-refractivity contribution < 1.29 is 23.1 Å². The number of rotatable bonds is 5. The first-order valence-electron chi connectivity index (χ1n) is 8.06. The summed E-state index contributed by atoms with van der Waals surface area (Å²) in [6, 6.07) is 10.4. The second kappa shape index (κ2) is 7.56. The number of hydrogen-bond donors (Lipinski definition) is 2. The van der Waals surface area contributed by atoms with Crippen LogP contribution >= 0.6 is 11.3 Å². The number of hydrogen-bond acceptors (Lipinski definition) is 5. The van der Waals surface area contributed by atoms with Crippen molar-refractivity contribution in [3.05, 3.63) is 46.7 Å². The number of carbonyl (C=O) groups excluding carboxylic acids is 1. The van der Waals surface area contributed by atoms with E-state index < -0.39 is 16.0 Å². The predicted molar refractivity (Wildman–Crippen MR) is 97.8 cm³/mol. The van der Waals surface area contributed by atoms with E-state index in [1.165, 1.54) is 15.8 Å². The number of sulfonamides is 1. The molecule has 9 heteroatoms. The van der Waals surface area contributed by atoms with Gasteiger partial charge in [-0.2, -0.15) is 4.31 Å². The number of nitrogens with zero attached hydrogens (tertiary/aromatic N) is 1. The van der Waals surface area contributed by atoms with Crippen molar-refractivity contribution in [2.75, 3.05) is 18.4 Å². The van der Waals surface area contributed by atoms with Crippen LogP contribution in [0.15, 0.2) is 46.7 Å². The van der Waals surface area contributed by atoms with Crippen LogP contribution in [0, 0.1) is 5.92 Å². The van der Waals surface area contributed by atoms with Gasteiger partial charge in [0.05, 0.1) is 0 Å². The number of aromatic carboxylic acids is 1. The average molecular weight is 394 g/mol. The number of para-hydroxylation sites is 1. The van der Waals surface area contributed by atoms with Crippen LogP contribution in [0.3, 0.4) is 0 Å². The maximum absolute atomic E-state index is 12.7. The van der Waals surface area contributed by atoms with Gasteiger partial charge in [-0.25, -0.2) is 13.2 Å². The number of carboxylic acids is 1. The van der Waals surface area contributed by atoms with E-state index >= 15 is 0 Å². The second-order valence-electron chi connectivity index (χ2n) is 5.95. The number of benzene rings is 1. The molecule has 0 radical (unpaired) electrons. The van der Waals surface area contributed by atoms with E-state index in [-0.39, 0.29) is 34.7 Å². The van der Waals surface area contributed by atoms with Crippen molar-refractivity contribution in [3.63, 3.8) is 0 Å². The topological polar surface area (TPSA) is 104 Å². The number of carboxylic acid groups (broad SMARTS) is 1. The quantitative estimate of drug-likeness (QED) is 0.811. The molecule has 3 rings (SSSR count). The molecule has 1 amide bonds. The van der Waals surface area contributed by atoms with Gasteiger partial charge in [0.15, 0.2) is 0 Å². The maximum Gasteiger partial charge on any atom is 0.347 e. The first kappa shape index (κ1) is 18.6. The Kier molecular flexibility index (Phi) is 5.40. The Labute approximate surface area is 155 Å². The van der Waals surface area contributed by atoms with Crippen LogP contribution in [0.5, 0.6) is 0 Å². The molecule has 138 valence electrons. The first-order valence-corrected chi connectivity index (χ1v) is 10.4. The summed E-state index contributed by atoms with van der Waals surface area (Å²) in [6.07, 6.45) is 0.787. The summed E-state index contributed by atoms with van der Waals surface area (Å²) < 4.78 is 26.7. The van der Waals surface area contributed by atoms with Crippen LogP contribution in [0.25, 0.3) is 0 Å². The minimum Gasteiger partial charge on any atom is -0.477 e. The van der Waals surface area contributed by atoms with Crippen LogP contribution in [-0.4, -0.2) is 42.8 Å². The molecule has 0 unspecified atom stereocenters. The third-order valence-electron chi connectivity index (χ3n) is 4.31. The normalized spacial score (nSPS) is 16.3. The highest BCUT2D eigenvalue weighted by Crippen LogP contribution is 2.29. The molecule has 1 aromatic carbocycles. The molecule has 1 aliphatic heterocycles. The monoisotopic (exact) mass is 394 g/mol. The van der Waals surface area contributed by atoms with Gasteiger partial charge in [-0.1, -0.05) is 18.2 Å². The lowest BCUT2D eigenvalue weighted by Gasteiger charge is -2.30. The molecule has 0 atom stereocenters. The van der Waals surface area contributed by atoms with E-state index in [4.69, 9.17) is 5.11 Å². The Bertz CT molecular complexity index is 900. The summed E-state index contributed by atoms with van der Waals surface area (Å²) in [7, 11) is -3.87. The number of carbonyl (C=O) groups is 2. The van der Waals surface area contributed by atoms with Gasteiger partial charge in [0.2, 0.25) is 15.9 Å². The fraction of sp³-hybridized carbons (Fsp3) is 0.294. The minimum atomic E-state index is -3.87. The van der Waals surface area contributed by atoms with Crippen LogP contribution < -0.4 is 5.32 Å². The molecule has 2 aromatic rings. The Morgan fingerprint density at radius 2 is 1.77 bits per heavy atom. The third kappa shape index (κ3) is 3.79. The number of amides is 1. The summed E-state index contributed by atoms with van der Waals surface area (Å²) in [5.41, 5.74) is 0.705. The van der Waals surface area contributed by atoms with Crippen molar-refractivity contribution in [1.29, 1.82) is 0 Å². The largest absolute Gasteiger partial charge is 0.477 e. The zero-order chi connectivity index (χ0) is 18.7. The molecular weight excluding hydrogens is 376 g/mol. The Hall–Kier alpha value is -2.23. The first-order chi connectivity index (χ1) is 12.4. The summed E-state index contributed by atoms with van der Waals surface area (Å²) in [5, 5.41) is 13.4. The molecule has 0 bridgehead atoms. The summed E-state index contributed by atoms with van der Waals surface area (Å²) in [4.78, 5) is 23.2. The van der Waals surface area contributed by atoms with E-state index in [2.05, 4.69) is 5.32 Å². The Morgan fingerprint density at radius 3 is 2.38 bits per heavy atom. The van der Waals surface area contributed by atoms with Crippen LogP contribution in [0.2, 0.25) is 0 Å². The van der Waals surface area contributed by atoms with Gasteiger partial charge in [-0.3, -0.25) is 4.79 Å². The van der Waals surface area contributed by atoms with Gasteiger partial charge in [-0.05, 0) is 36.4 Å². The zero-order valence-corrected chi connectivity index (χ0v) is 15.4. The molecular formula is C17H18N2O5S2. The van der Waals surface area contributed by atoms with E-state index in [0.29, 0.717) is 18.5 Å². The van der Waals surface area contributed by atoms with Crippen molar-refractivity contribution in [3.8, 4) is 0 Å². The van der Waals surface area contributed by atoms with E-state index in [1.54, 1.807) is 12.1 Å². The van der Waals surface area contributed by atoms with Gasteiger partial charge in [-0.15, -0.1) is 11.3 Å². The average Bonchev–Trinajstić information content (AvgIpc) is 3.14. The van der Waals surface area contributed by atoms with Crippen molar-refractivity contribution in [2.45, 2.75) is 17.7 Å². The van der Waals surface area contributed by atoms with Gasteiger partial charge in [0, 0.05) is 24.7 Å². The lowest BCUT2D eigenvalue weighted by atomic mass is 9.97. The third-order valence-corrected chi connectivity index (χ3v) is 7.28. The highest BCUT2D eigenvalue weighted by atomic mass is 32.2. The lowest BCUT2D eigenvalue weighted by molar-refractivity contribution is -0.120. The summed E-state index contributed by atoms with van der Waals surface area (Å²) in [5.74, 6) is -1.66. The SMILES string of the molecule is O=C(O)c1sccc1S(=O)(=O)N1CCC(C(=O)Nc2ccccc2)CC1. The molecule has 0 saturated carbocycles. The molecule has 26 heavy (non-hydrogen) atoms. The molecule has 1 saturated heterocycles. The van der Waals surface area contributed by atoms with Crippen molar-refractivity contribution >= 4 is 38.9 Å². The number of thiophene rings is 1. The lowest BCUT2D eigenvalue weighted by Crippen LogP contribution is -2.41. The van der Waals surface area contributed by atoms with E-state index in [9.17, 15) is 18.0 Å². The molecule has 0 spiro atoms. The smallest absolute Gasteiger partial charge is 0.347 e. The van der Waals surface area contributed by atoms with Gasteiger partial charge < -0.3 is 10.4 Å². The van der Waals surface area contributed by atoms with Gasteiger partial charge in [0.1, 0.15) is 9.77 Å². The second-order valence-corrected chi connectivity index (χ2v) is 8.78. The molecule has 1 aliphatic rings. The standard InChI is InChI=1S/C17H18N2O5S2/c20-16(18-13-4-2-1-3-5-13)12-6-9-19(10-7-12)26(23,24)14-8-11-25-15(14)17(21)22/h1-5,8,11-12H,6-7,9-10H2,(H,18,20)(H,21,22). The number of piperidine rings is 1. The fourth-order valence-corrected chi connectivity index (χ4v) is 5.62. The molecule has 7 nitrogen and oxygen atoms in total. The molecule has 2 N–H and O–H groups in total. The number of anilines is 1. The predicted octanol–water partition coefficient (Wildman–Crippen LogP) is 2.49. The molecule has 0 aliphatic carbocycles. The van der Waals surface area contributed by atoms with Gasteiger partial charge in [0.25, 0.3) is 0 Å². The highest BCUT2D eigenvalue weighted by Gasteiger charge is 2.34. The van der Waals surface area contributed by atoms with E-state index in [0.717, 1.165) is 11.3 Å². The number of nitrogens with one attached hydrogen (secondary N) is 1. The van der Waals surface area contributed by atoms with E-state index in [1.807, 2.05) is 18.2 Å². The Balaban J connectivity index is 1.65. The highest BCUT2D eigenvalue weighted by molar-refractivity contribution is 7.89. The molecule has 1 aromatic heterocycles. The Morgan fingerprint density at radius 1 is 1.12 bits per heavy atom. The van der Waals surface area contributed by atoms with Gasteiger partial charge >= 0.3 is 5.97 Å². The van der Waals surface area contributed by atoms with Crippen LogP contribution in [-0.2, 0) is 14.8 Å². The van der Waals surface area contributed by atoms with Crippen molar-refractivity contribution in [1.82, 2.24) is 4.31 Å². The fourth-order valence-electron chi connectivity index (χ4n) is 2.92. The summed E-state index contributed by atoms with van der Waals surface area (Å²) >= 11 is 0.886. The minimum absolute atomic E-state index is 0.130. The summed E-state index contributed by atoms with van der Waals surface area (Å²) in [6.45, 7) is 0.369. The molecule has 2 heterocycles. The van der Waals surface area contributed by atoms with Crippen molar-refractivity contribution in [2.24, 2.45) is 5.92 Å².